The lowest BCUT2D eigenvalue weighted by Crippen LogP contribution is -2.56. The molecule has 4 nitrogen and oxygen atoms in total. The summed E-state index contributed by atoms with van der Waals surface area (Å²) in [6.45, 7) is 8.17. The molecule has 0 N–H and O–H groups in total. The molecule has 4 aliphatic carbocycles. The lowest BCUT2D eigenvalue weighted by atomic mass is 9.46. The average Bonchev–Trinajstić information content (AvgIpc) is 2.96. The first kappa shape index (κ1) is 20.7. The van der Waals surface area contributed by atoms with Gasteiger partial charge in [-0.25, -0.2) is 0 Å². The molecule has 0 saturated heterocycles. The maximum Gasteiger partial charge on any atom is 0.302 e. The van der Waals surface area contributed by atoms with Crippen LogP contribution in [-0.4, -0.2) is 24.6 Å². The van der Waals surface area contributed by atoms with Gasteiger partial charge in [0, 0.05) is 19.8 Å². The van der Waals surface area contributed by atoms with E-state index in [-0.39, 0.29) is 28.9 Å². The van der Waals surface area contributed by atoms with Gasteiger partial charge in [0.05, 0.1) is 0 Å². The third-order valence-electron chi connectivity index (χ3n) is 8.72. The number of hydrogen-bond donors (Lipinski definition) is 0. The molecule has 0 aromatic heterocycles. The molecule has 160 valence electrons. The topological polar surface area (TPSA) is 52.6 Å². The molecule has 29 heavy (non-hydrogen) atoms. The summed E-state index contributed by atoms with van der Waals surface area (Å²) in [6.07, 6.45) is 13.8. The van der Waals surface area contributed by atoms with E-state index in [1.54, 1.807) is 12.5 Å². The maximum absolute atomic E-state index is 12.1. The quantitative estimate of drug-likeness (QED) is 0.472. The number of rotatable bonds is 3. The summed E-state index contributed by atoms with van der Waals surface area (Å²) in [5.41, 5.74) is 3.23. The number of carbonyl (C=O) groups excluding carboxylic acids is 2. The van der Waals surface area contributed by atoms with Crippen molar-refractivity contribution in [2.45, 2.75) is 85.2 Å². The van der Waals surface area contributed by atoms with E-state index in [1.165, 1.54) is 51.0 Å². The molecular formula is C25H36O4. The van der Waals surface area contributed by atoms with Crippen molar-refractivity contribution in [1.82, 2.24) is 0 Å². The van der Waals surface area contributed by atoms with Gasteiger partial charge in [-0.15, -0.1) is 0 Å². The number of allylic oxidation sites excluding steroid dienone is 3. The summed E-state index contributed by atoms with van der Waals surface area (Å²) in [4.78, 5) is 23.3. The Morgan fingerprint density at radius 3 is 2.66 bits per heavy atom. The van der Waals surface area contributed by atoms with Gasteiger partial charge in [0.25, 0.3) is 0 Å². The molecule has 0 aromatic carbocycles. The largest absolute Gasteiger partial charge is 0.462 e. The molecule has 0 amide bonds. The Labute approximate surface area is 175 Å². The predicted molar refractivity (Wildman–Crippen MR) is 112 cm³/mol. The SMILES string of the molecule is CC(=O)OCC=C1CC[C@H]2[C@@H]3CCC4=CCCC[C@]4(C)[C@H]3[C@H](OC(C)=O)C[C@]12C. The Hall–Kier alpha value is -1.58. The van der Waals surface area contributed by atoms with Crippen LogP contribution in [0.15, 0.2) is 23.3 Å². The fraction of sp³-hybridized carbons (Fsp3) is 0.760. The van der Waals surface area contributed by atoms with Gasteiger partial charge in [0.2, 0.25) is 0 Å². The zero-order valence-electron chi connectivity index (χ0n) is 18.5. The molecule has 4 heteroatoms. The molecule has 4 aliphatic rings. The van der Waals surface area contributed by atoms with Crippen LogP contribution in [0.4, 0.5) is 0 Å². The predicted octanol–water partition coefficient (Wildman–Crippen LogP) is 5.37. The van der Waals surface area contributed by atoms with E-state index in [2.05, 4.69) is 26.0 Å². The highest BCUT2D eigenvalue weighted by Gasteiger charge is 2.61. The van der Waals surface area contributed by atoms with E-state index >= 15 is 0 Å². The molecule has 0 aliphatic heterocycles. The lowest BCUT2D eigenvalue weighted by molar-refractivity contribution is -0.169. The lowest BCUT2D eigenvalue weighted by Gasteiger charge is -2.59. The van der Waals surface area contributed by atoms with Gasteiger partial charge in [0.1, 0.15) is 12.7 Å². The van der Waals surface area contributed by atoms with E-state index in [0.29, 0.717) is 24.4 Å². The number of fused-ring (bicyclic) bond motifs is 5. The van der Waals surface area contributed by atoms with Gasteiger partial charge in [0.15, 0.2) is 0 Å². The van der Waals surface area contributed by atoms with E-state index in [1.807, 2.05) is 0 Å². The highest BCUT2D eigenvalue weighted by Crippen LogP contribution is 2.67. The van der Waals surface area contributed by atoms with Crippen LogP contribution >= 0.6 is 0 Å². The molecule has 0 unspecified atom stereocenters. The summed E-state index contributed by atoms with van der Waals surface area (Å²) in [5.74, 6) is 1.26. The van der Waals surface area contributed by atoms with Crippen LogP contribution in [0.5, 0.6) is 0 Å². The minimum Gasteiger partial charge on any atom is -0.462 e. The highest BCUT2D eigenvalue weighted by molar-refractivity contribution is 5.66. The summed E-state index contributed by atoms with van der Waals surface area (Å²) in [7, 11) is 0. The zero-order chi connectivity index (χ0) is 20.8. The van der Waals surface area contributed by atoms with Gasteiger partial charge < -0.3 is 9.47 Å². The highest BCUT2D eigenvalue weighted by atomic mass is 16.5. The fourth-order valence-corrected chi connectivity index (χ4v) is 7.61. The molecule has 0 heterocycles. The number of ether oxygens (including phenoxy) is 2. The summed E-state index contributed by atoms with van der Waals surface area (Å²) < 4.78 is 11.3. The summed E-state index contributed by atoms with van der Waals surface area (Å²) in [5, 5.41) is 0. The minimum absolute atomic E-state index is 0.0271. The van der Waals surface area contributed by atoms with E-state index in [0.717, 1.165) is 12.8 Å². The van der Waals surface area contributed by atoms with Crippen LogP contribution in [0, 0.1) is 28.6 Å². The van der Waals surface area contributed by atoms with Crippen LogP contribution in [0.25, 0.3) is 0 Å². The van der Waals surface area contributed by atoms with Gasteiger partial charge in [-0.2, -0.15) is 0 Å². The standard InChI is InChI=1S/C25H36O4/c1-16(26)28-14-12-19-9-11-21-20-10-8-18-7-5-6-13-24(18,3)23(20)22(29-17(2)27)15-25(19,21)4/h7,12,20-23H,5-6,8-11,13-15H2,1-4H3/t20-,21-,22+,23+,24-,25+/m0/s1. The molecule has 0 spiro atoms. The Kier molecular flexibility index (Phi) is 5.41. The van der Waals surface area contributed by atoms with Crippen molar-refractivity contribution in [2.24, 2.45) is 28.6 Å². The second-order valence-corrected chi connectivity index (χ2v) is 10.2. The second-order valence-electron chi connectivity index (χ2n) is 10.2. The first-order valence-corrected chi connectivity index (χ1v) is 11.5. The Balaban J connectivity index is 1.68. The molecule has 0 radical (unpaired) electrons. The first-order valence-electron chi connectivity index (χ1n) is 11.5. The van der Waals surface area contributed by atoms with Gasteiger partial charge in [-0.3, -0.25) is 9.59 Å². The maximum atomic E-state index is 12.1. The Bertz CT molecular complexity index is 750. The molecule has 4 rings (SSSR count). The van der Waals surface area contributed by atoms with Gasteiger partial charge in [-0.1, -0.05) is 31.1 Å². The van der Waals surface area contributed by atoms with Crippen LogP contribution in [0.3, 0.4) is 0 Å². The molecule has 3 fully saturated rings. The molecule has 3 saturated carbocycles. The fourth-order valence-electron chi connectivity index (χ4n) is 7.61. The summed E-state index contributed by atoms with van der Waals surface area (Å²) in [6, 6.07) is 0. The number of esters is 2. The molecule has 0 bridgehead atoms. The van der Waals surface area contributed by atoms with Crippen LogP contribution < -0.4 is 0 Å². The Morgan fingerprint density at radius 2 is 1.93 bits per heavy atom. The van der Waals surface area contributed by atoms with Crippen molar-refractivity contribution in [2.75, 3.05) is 6.61 Å². The Morgan fingerprint density at radius 1 is 1.14 bits per heavy atom. The average molecular weight is 401 g/mol. The molecule has 6 atom stereocenters. The summed E-state index contributed by atoms with van der Waals surface area (Å²) >= 11 is 0. The molecule has 0 aromatic rings. The zero-order valence-corrected chi connectivity index (χ0v) is 18.5. The third kappa shape index (κ3) is 3.47. The molecular weight excluding hydrogens is 364 g/mol. The van der Waals surface area contributed by atoms with Crippen LogP contribution in [0.1, 0.15) is 79.1 Å². The number of hydrogen-bond acceptors (Lipinski definition) is 4. The van der Waals surface area contributed by atoms with Crippen LogP contribution in [-0.2, 0) is 19.1 Å². The van der Waals surface area contributed by atoms with E-state index < -0.39 is 0 Å². The van der Waals surface area contributed by atoms with Crippen molar-refractivity contribution in [3.63, 3.8) is 0 Å². The van der Waals surface area contributed by atoms with Crippen molar-refractivity contribution in [3.8, 4) is 0 Å². The van der Waals surface area contributed by atoms with E-state index in [9.17, 15) is 9.59 Å². The van der Waals surface area contributed by atoms with E-state index in [4.69, 9.17) is 9.47 Å². The van der Waals surface area contributed by atoms with Gasteiger partial charge >= 0.3 is 11.9 Å². The van der Waals surface area contributed by atoms with Crippen molar-refractivity contribution < 1.29 is 19.1 Å². The normalized spacial score (nSPS) is 42.3. The number of carbonyl (C=O) groups is 2. The van der Waals surface area contributed by atoms with Gasteiger partial charge in [-0.05, 0) is 80.1 Å². The van der Waals surface area contributed by atoms with Crippen molar-refractivity contribution in [3.05, 3.63) is 23.3 Å². The third-order valence-corrected chi connectivity index (χ3v) is 8.72. The van der Waals surface area contributed by atoms with Crippen molar-refractivity contribution >= 4 is 11.9 Å². The van der Waals surface area contributed by atoms with Crippen LogP contribution in [0.2, 0.25) is 0 Å². The monoisotopic (exact) mass is 400 g/mol. The smallest absolute Gasteiger partial charge is 0.302 e. The van der Waals surface area contributed by atoms with Crippen molar-refractivity contribution in [1.29, 1.82) is 0 Å². The second kappa shape index (κ2) is 7.59. The minimum atomic E-state index is -0.236. The first-order chi connectivity index (χ1) is 13.8.